The Hall–Kier alpha value is -2.74. The van der Waals surface area contributed by atoms with Crippen LogP contribution in [0, 0.1) is 0 Å². The fraction of sp³-hybridized carbons (Fsp3) is 0.250. The number of nitrogens with zero attached hydrogens (tertiary/aromatic N) is 2. The average molecular weight is 347 g/mol. The summed E-state index contributed by atoms with van der Waals surface area (Å²) in [7, 11) is 1.38. The molecule has 0 spiro atoms. The number of thiazole rings is 1. The van der Waals surface area contributed by atoms with Crippen LogP contribution in [0.5, 0.6) is 0 Å². The number of amides is 2. The first-order chi connectivity index (χ1) is 11.5. The predicted molar refractivity (Wildman–Crippen MR) is 90.1 cm³/mol. The Morgan fingerprint density at radius 2 is 1.96 bits per heavy atom. The molecule has 1 heterocycles. The second kappa shape index (κ2) is 8.21. The maximum Gasteiger partial charge on any atom is 0.323 e. The zero-order valence-electron chi connectivity index (χ0n) is 13.1. The van der Waals surface area contributed by atoms with Crippen molar-refractivity contribution in [2.24, 2.45) is 0 Å². The third-order valence-electron chi connectivity index (χ3n) is 3.17. The molecule has 0 bridgehead atoms. The van der Waals surface area contributed by atoms with Gasteiger partial charge in [-0.1, -0.05) is 30.3 Å². The fourth-order valence-corrected chi connectivity index (χ4v) is 2.68. The van der Waals surface area contributed by atoms with Crippen LogP contribution in [-0.4, -0.2) is 46.4 Å². The zero-order chi connectivity index (χ0) is 17.5. The molecule has 0 atom stereocenters. The van der Waals surface area contributed by atoms with E-state index in [1.54, 1.807) is 0 Å². The maximum atomic E-state index is 12.0. The molecule has 0 aliphatic carbocycles. The van der Waals surface area contributed by atoms with Crippen LogP contribution in [0.1, 0.15) is 22.5 Å². The topological polar surface area (TPSA) is 99.6 Å². The average Bonchev–Trinajstić information content (AvgIpc) is 3.01. The molecule has 24 heavy (non-hydrogen) atoms. The Morgan fingerprint density at radius 3 is 2.62 bits per heavy atom. The zero-order valence-corrected chi connectivity index (χ0v) is 13.9. The highest BCUT2D eigenvalue weighted by Gasteiger charge is 2.18. The maximum absolute atomic E-state index is 12.0. The predicted octanol–water partition coefficient (Wildman–Crippen LogP) is 1.87. The molecular formula is C16H17N3O4S. The van der Waals surface area contributed by atoms with E-state index in [0.29, 0.717) is 18.0 Å². The van der Waals surface area contributed by atoms with Crippen LogP contribution in [0.15, 0.2) is 35.7 Å². The minimum atomic E-state index is -1.10. The summed E-state index contributed by atoms with van der Waals surface area (Å²) in [6.45, 7) is -0.408. The summed E-state index contributed by atoms with van der Waals surface area (Å²) in [5, 5.41) is 13.1. The molecule has 0 aliphatic heterocycles. The van der Waals surface area contributed by atoms with Crippen LogP contribution in [0.3, 0.4) is 0 Å². The first-order valence-electron chi connectivity index (χ1n) is 7.22. The van der Waals surface area contributed by atoms with Gasteiger partial charge in [0.25, 0.3) is 5.91 Å². The number of carboxylic acid groups (broad SMARTS) is 1. The summed E-state index contributed by atoms with van der Waals surface area (Å²) in [5.41, 5.74) is 1.18. The molecular weight excluding hydrogens is 330 g/mol. The summed E-state index contributed by atoms with van der Waals surface area (Å²) in [4.78, 5) is 39.6. The summed E-state index contributed by atoms with van der Waals surface area (Å²) in [5.74, 6) is -1.79. The Labute approximate surface area is 142 Å². The lowest BCUT2D eigenvalue weighted by Crippen LogP contribution is -2.32. The van der Waals surface area contributed by atoms with Crippen molar-refractivity contribution in [3.63, 3.8) is 0 Å². The number of aryl methyl sites for hydroxylation is 1. The first-order valence-corrected chi connectivity index (χ1v) is 8.10. The van der Waals surface area contributed by atoms with Gasteiger partial charge in [-0.3, -0.25) is 14.4 Å². The van der Waals surface area contributed by atoms with Gasteiger partial charge in [0.1, 0.15) is 12.2 Å². The van der Waals surface area contributed by atoms with Gasteiger partial charge in [-0.15, -0.1) is 11.3 Å². The highest BCUT2D eigenvalue weighted by molar-refractivity contribution is 7.14. The van der Waals surface area contributed by atoms with E-state index in [2.05, 4.69) is 10.3 Å². The molecule has 0 unspecified atom stereocenters. The Kier molecular flexibility index (Phi) is 6.02. The van der Waals surface area contributed by atoms with Crippen LogP contribution < -0.4 is 5.32 Å². The van der Waals surface area contributed by atoms with E-state index in [-0.39, 0.29) is 11.6 Å². The lowest BCUT2D eigenvalue weighted by atomic mass is 10.1. The van der Waals surface area contributed by atoms with Gasteiger partial charge in [0, 0.05) is 18.8 Å². The number of aromatic nitrogens is 1. The molecule has 0 saturated heterocycles. The molecule has 126 valence electrons. The number of carbonyl (C=O) groups excluding carboxylic acids is 2. The van der Waals surface area contributed by atoms with Crippen LogP contribution >= 0.6 is 11.3 Å². The smallest absolute Gasteiger partial charge is 0.323 e. The third kappa shape index (κ3) is 5.17. The number of nitrogens with one attached hydrogen (secondary N) is 1. The standard InChI is InChI=1S/C16H17N3O4S/c1-19(9-14(21)22)15(23)12-10-24-16(17-12)18-13(20)8-7-11-5-3-2-4-6-11/h2-6,10H,7-9H2,1H3,(H,21,22)(H,17,18,20). The van der Waals surface area contributed by atoms with Crippen molar-refractivity contribution in [2.45, 2.75) is 12.8 Å². The van der Waals surface area contributed by atoms with Gasteiger partial charge >= 0.3 is 5.97 Å². The minimum Gasteiger partial charge on any atom is -0.480 e. The number of carbonyl (C=O) groups is 3. The molecule has 1 aromatic heterocycles. The summed E-state index contributed by atoms with van der Waals surface area (Å²) < 4.78 is 0. The van der Waals surface area contributed by atoms with Crippen LogP contribution in [-0.2, 0) is 16.0 Å². The number of hydrogen-bond acceptors (Lipinski definition) is 5. The van der Waals surface area contributed by atoms with Crippen LogP contribution in [0.25, 0.3) is 0 Å². The van der Waals surface area contributed by atoms with Crippen LogP contribution in [0.4, 0.5) is 5.13 Å². The summed E-state index contributed by atoms with van der Waals surface area (Å²) >= 11 is 1.13. The second-order valence-electron chi connectivity index (χ2n) is 5.13. The lowest BCUT2D eigenvalue weighted by Gasteiger charge is -2.12. The largest absolute Gasteiger partial charge is 0.480 e. The van der Waals surface area contributed by atoms with E-state index in [1.165, 1.54) is 12.4 Å². The number of benzene rings is 1. The highest BCUT2D eigenvalue weighted by atomic mass is 32.1. The van der Waals surface area contributed by atoms with Crippen molar-refractivity contribution in [3.05, 3.63) is 47.0 Å². The number of anilines is 1. The first kappa shape index (κ1) is 17.6. The summed E-state index contributed by atoms with van der Waals surface area (Å²) in [6, 6.07) is 9.65. The molecule has 2 amide bonds. The van der Waals surface area contributed by atoms with Crippen molar-refractivity contribution in [1.29, 1.82) is 0 Å². The number of aliphatic carboxylic acids is 1. The monoisotopic (exact) mass is 347 g/mol. The molecule has 7 nitrogen and oxygen atoms in total. The molecule has 1 aromatic carbocycles. The molecule has 0 radical (unpaired) electrons. The van der Waals surface area contributed by atoms with Gasteiger partial charge < -0.3 is 15.3 Å². The van der Waals surface area contributed by atoms with E-state index >= 15 is 0 Å². The van der Waals surface area contributed by atoms with E-state index in [0.717, 1.165) is 21.8 Å². The number of likely N-dealkylation sites (N-methyl/N-ethyl adjacent to an activating group) is 1. The van der Waals surface area contributed by atoms with E-state index in [9.17, 15) is 14.4 Å². The Morgan fingerprint density at radius 1 is 1.25 bits per heavy atom. The molecule has 0 saturated carbocycles. The Bertz CT molecular complexity index is 730. The van der Waals surface area contributed by atoms with E-state index in [1.807, 2.05) is 30.3 Å². The normalized spacial score (nSPS) is 10.2. The van der Waals surface area contributed by atoms with Gasteiger partial charge in [-0.05, 0) is 12.0 Å². The van der Waals surface area contributed by atoms with E-state index < -0.39 is 18.4 Å². The molecule has 2 N–H and O–H groups in total. The third-order valence-corrected chi connectivity index (χ3v) is 3.93. The van der Waals surface area contributed by atoms with E-state index in [4.69, 9.17) is 5.11 Å². The van der Waals surface area contributed by atoms with Crippen molar-refractivity contribution >= 4 is 34.3 Å². The number of hydrogen-bond donors (Lipinski definition) is 2. The van der Waals surface area contributed by atoms with Crippen LogP contribution in [0.2, 0.25) is 0 Å². The van der Waals surface area contributed by atoms with Crippen molar-refractivity contribution in [3.8, 4) is 0 Å². The second-order valence-corrected chi connectivity index (χ2v) is 5.98. The quantitative estimate of drug-likeness (QED) is 0.796. The van der Waals surface area contributed by atoms with Gasteiger partial charge in [0.05, 0.1) is 0 Å². The van der Waals surface area contributed by atoms with Gasteiger partial charge in [0.2, 0.25) is 5.91 Å². The molecule has 8 heteroatoms. The Balaban J connectivity index is 1.87. The van der Waals surface area contributed by atoms with Crippen molar-refractivity contribution in [2.75, 3.05) is 18.9 Å². The van der Waals surface area contributed by atoms with Gasteiger partial charge in [-0.2, -0.15) is 0 Å². The molecule has 2 rings (SSSR count). The van der Waals surface area contributed by atoms with Gasteiger partial charge in [-0.25, -0.2) is 4.98 Å². The molecule has 0 aliphatic rings. The van der Waals surface area contributed by atoms with Crippen molar-refractivity contribution in [1.82, 2.24) is 9.88 Å². The minimum absolute atomic E-state index is 0.113. The van der Waals surface area contributed by atoms with Crippen molar-refractivity contribution < 1.29 is 19.5 Å². The summed E-state index contributed by atoms with van der Waals surface area (Å²) in [6.07, 6.45) is 0.928. The highest BCUT2D eigenvalue weighted by Crippen LogP contribution is 2.17. The number of rotatable bonds is 7. The number of carboxylic acids is 1. The lowest BCUT2D eigenvalue weighted by molar-refractivity contribution is -0.137. The molecule has 2 aromatic rings. The fourth-order valence-electron chi connectivity index (χ4n) is 1.98. The molecule has 0 fully saturated rings. The van der Waals surface area contributed by atoms with Gasteiger partial charge in [0.15, 0.2) is 5.13 Å². The SMILES string of the molecule is CN(CC(=O)O)C(=O)c1csc(NC(=O)CCc2ccccc2)n1.